The number of ether oxygens (including phenoxy) is 1. The third-order valence-corrected chi connectivity index (χ3v) is 2.08. The van der Waals surface area contributed by atoms with E-state index < -0.39 is 0 Å². The standard InChI is InChI=1S/C11H13ClN2O2/c1-3-13-14(2)11(15)8-16-10-6-4-9(12)5-7-10/h3-7H,8H2,1-2H3/b13-3+. The number of benzene rings is 1. The van der Waals surface area contributed by atoms with E-state index in [2.05, 4.69) is 5.10 Å². The first-order valence-electron chi connectivity index (χ1n) is 4.77. The first-order chi connectivity index (χ1) is 7.63. The van der Waals surface area contributed by atoms with Gasteiger partial charge in [0.2, 0.25) is 0 Å². The summed E-state index contributed by atoms with van der Waals surface area (Å²) < 4.78 is 5.27. The van der Waals surface area contributed by atoms with Gasteiger partial charge >= 0.3 is 0 Å². The van der Waals surface area contributed by atoms with Gasteiger partial charge in [-0.15, -0.1) is 0 Å². The summed E-state index contributed by atoms with van der Waals surface area (Å²) >= 11 is 5.72. The van der Waals surface area contributed by atoms with Crippen LogP contribution in [0.15, 0.2) is 29.4 Å². The van der Waals surface area contributed by atoms with Crippen molar-refractivity contribution < 1.29 is 9.53 Å². The largest absolute Gasteiger partial charge is 0.484 e. The lowest BCUT2D eigenvalue weighted by molar-refractivity contribution is -0.132. The van der Waals surface area contributed by atoms with Crippen molar-refractivity contribution in [1.29, 1.82) is 0 Å². The molecule has 1 aromatic carbocycles. The fourth-order valence-electron chi connectivity index (χ4n) is 1.01. The van der Waals surface area contributed by atoms with E-state index in [4.69, 9.17) is 16.3 Å². The van der Waals surface area contributed by atoms with Crippen LogP contribution in [0.5, 0.6) is 5.75 Å². The van der Waals surface area contributed by atoms with Gasteiger partial charge in [-0.3, -0.25) is 4.79 Å². The zero-order chi connectivity index (χ0) is 12.0. The summed E-state index contributed by atoms with van der Waals surface area (Å²) in [5.41, 5.74) is 0. The number of nitrogens with zero attached hydrogens (tertiary/aromatic N) is 2. The van der Waals surface area contributed by atoms with Gasteiger partial charge in [-0.1, -0.05) is 11.6 Å². The SMILES string of the molecule is C/C=N/N(C)C(=O)COc1ccc(Cl)cc1. The van der Waals surface area contributed by atoms with Gasteiger partial charge in [0.25, 0.3) is 5.91 Å². The second kappa shape index (κ2) is 6.12. The quantitative estimate of drug-likeness (QED) is 0.598. The van der Waals surface area contributed by atoms with Gasteiger partial charge in [-0.2, -0.15) is 5.10 Å². The summed E-state index contributed by atoms with van der Waals surface area (Å²) in [4.78, 5) is 11.4. The highest BCUT2D eigenvalue weighted by atomic mass is 35.5. The van der Waals surface area contributed by atoms with Gasteiger partial charge in [-0.25, -0.2) is 5.01 Å². The Hall–Kier alpha value is -1.55. The first-order valence-corrected chi connectivity index (χ1v) is 5.15. The Morgan fingerprint density at radius 2 is 2.12 bits per heavy atom. The molecule has 0 aliphatic rings. The van der Waals surface area contributed by atoms with E-state index in [-0.39, 0.29) is 12.5 Å². The molecule has 86 valence electrons. The van der Waals surface area contributed by atoms with Crippen LogP contribution in [-0.2, 0) is 4.79 Å². The monoisotopic (exact) mass is 240 g/mol. The minimum absolute atomic E-state index is 0.0462. The Morgan fingerprint density at radius 1 is 1.50 bits per heavy atom. The van der Waals surface area contributed by atoms with Crippen LogP contribution in [0, 0.1) is 0 Å². The molecule has 0 saturated carbocycles. The minimum atomic E-state index is -0.215. The molecule has 1 rings (SSSR count). The summed E-state index contributed by atoms with van der Waals surface area (Å²) in [7, 11) is 1.58. The van der Waals surface area contributed by atoms with Crippen molar-refractivity contribution in [2.24, 2.45) is 5.10 Å². The van der Waals surface area contributed by atoms with Gasteiger partial charge in [0.05, 0.1) is 0 Å². The number of carbonyl (C=O) groups is 1. The average Bonchev–Trinajstić information content (AvgIpc) is 2.28. The number of carbonyl (C=O) groups excluding carboxylic acids is 1. The number of hydrogen-bond acceptors (Lipinski definition) is 3. The van der Waals surface area contributed by atoms with E-state index in [0.717, 1.165) is 0 Å². The minimum Gasteiger partial charge on any atom is -0.484 e. The van der Waals surface area contributed by atoms with Gasteiger partial charge in [0.1, 0.15) is 5.75 Å². The Morgan fingerprint density at radius 3 is 2.69 bits per heavy atom. The van der Waals surface area contributed by atoms with Crippen LogP contribution < -0.4 is 4.74 Å². The second-order valence-electron chi connectivity index (χ2n) is 3.03. The first kappa shape index (κ1) is 12.5. The average molecular weight is 241 g/mol. The highest BCUT2D eigenvalue weighted by Crippen LogP contribution is 2.15. The highest BCUT2D eigenvalue weighted by Gasteiger charge is 2.07. The second-order valence-corrected chi connectivity index (χ2v) is 3.47. The molecule has 16 heavy (non-hydrogen) atoms. The molecule has 1 amide bonds. The number of hydrazone groups is 1. The summed E-state index contributed by atoms with van der Waals surface area (Å²) in [5, 5.41) is 5.67. The number of rotatable bonds is 4. The van der Waals surface area contributed by atoms with Crippen molar-refractivity contribution >= 4 is 23.7 Å². The highest BCUT2D eigenvalue weighted by molar-refractivity contribution is 6.30. The molecule has 0 heterocycles. The maximum absolute atomic E-state index is 11.4. The number of hydrogen-bond donors (Lipinski definition) is 0. The Bertz CT molecular complexity index is 376. The lowest BCUT2D eigenvalue weighted by Crippen LogP contribution is -2.27. The predicted molar refractivity (Wildman–Crippen MR) is 63.9 cm³/mol. The molecular weight excluding hydrogens is 228 g/mol. The molecule has 0 aliphatic carbocycles. The van der Waals surface area contributed by atoms with E-state index in [9.17, 15) is 4.79 Å². The van der Waals surface area contributed by atoms with E-state index in [1.54, 1.807) is 44.5 Å². The Labute approximate surface area is 99.5 Å². The van der Waals surface area contributed by atoms with Crippen molar-refractivity contribution in [3.63, 3.8) is 0 Å². The van der Waals surface area contributed by atoms with Crippen LogP contribution in [0.2, 0.25) is 5.02 Å². The van der Waals surface area contributed by atoms with Crippen LogP contribution in [0.25, 0.3) is 0 Å². The molecular formula is C11H13ClN2O2. The Balaban J connectivity index is 2.45. The predicted octanol–water partition coefficient (Wildman–Crippen LogP) is 2.18. The van der Waals surface area contributed by atoms with E-state index in [0.29, 0.717) is 10.8 Å². The van der Waals surface area contributed by atoms with Crippen LogP contribution in [0.4, 0.5) is 0 Å². The summed E-state index contributed by atoms with van der Waals surface area (Å²) in [6.45, 7) is 1.69. The van der Waals surface area contributed by atoms with Gasteiger partial charge in [0.15, 0.2) is 6.61 Å². The van der Waals surface area contributed by atoms with Crippen LogP contribution in [0.3, 0.4) is 0 Å². The molecule has 5 heteroatoms. The van der Waals surface area contributed by atoms with Crippen LogP contribution >= 0.6 is 11.6 Å². The number of halogens is 1. The topological polar surface area (TPSA) is 41.9 Å². The van der Waals surface area contributed by atoms with E-state index in [1.165, 1.54) is 5.01 Å². The van der Waals surface area contributed by atoms with Crippen LogP contribution in [-0.4, -0.2) is 30.8 Å². The maximum atomic E-state index is 11.4. The lowest BCUT2D eigenvalue weighted by atomic mass is 10.3. The molecule has 1 aromatic rings. The van der Waals surface area contributed by atoms with Crippen molar-refractivity contribution in [2.75, 3.05) is 13.7 Å². The Kier molecular flexibility index (Phi) is 4.79. The third-order valence-electron chi connectivity index (χ3n) is 1.83. The fourth-order valence-corrected chi connectivity index (χ4v) is 1.13. The molecule has 4 nitrogen and oxygen atoms in total. The van der Waals surface area contributed by atoms with E-state index in [1.807, 2.05) is 0 Å². The molecule has 0 bridgehead atoms. The van der Waals surface area contributed by atoms with E-state index >= 15 is 0 Å². The molecule has 0 fully saturated rings. The molecule has 0 radical (unpaired) electrons. The van der Waals surface area contributed by atoms with Gasteiger partial charge < -0.3 is 4.74 Å². The van der Waals surface area contributed by atoms with Crippen molar-refractivity contribution in [3.05, 3.63) is 29.3 Å². The van der Waals surface area contributed by atoms with Gasteiger partial charge in [-0.05, 0) is 31.2 Å². The zero-order valence-electron chi connectivity index (χ0n) is 9.18. The molecule has 0 N–H and O–H groups in total. The third kappa shape index (κ3) is 3.90. The lowest BCUT2D eigenvalue weighted by Gasteiger charge is -2.11. The van der Waals surface area contributed by atoms with Crippen LogP contribution in [0.1, 0.15) is 6.92 Å². The van der Waals surface area contributed by atoms with Crippen molar-refractivity contribution in [2.45, 2.75) is 6.92 Å². The molecule has 0 unspecified atom stereocenters. The zero-order valence-corrected chi connectivity index (χ0v) is 9.94. The van der Waals surface area contributed by atoms with Crippen molar-refractivity contribution in [1.82, 2.24) is 5.01 Å². The fraction of sp³-hybridized carbons (Fsp3) is 0.273. The molecule has 0 atom stereocenters. The normalized spacial score (nSPS) is 10.4. The smallest absolute Gasteiger partial charge is 0.280 e. The molecule has 0 aliphatic heterocycles. The maximum Gasteiger partial charge on any atom is 0.280 e. The molecule has 0 saturated heterocycles. The number of likely N-dealkylation sites (N-methyl/N-ethyl adjacent to an activating group) is 1. The molecule has 0 aromatic heterocycles. The van der Waals surface area contributed by atoms with Crippen molar-refractivity contribution in [3.8, 4) is 5.75 Å². The summed E-state index contributed by atoms with van der Waals surface area (Å²) in [6.07, 6.45) is 1.54. The number of amides is 1. The molecule has 0 spiro atoms. The summed E-state index contributed by atoms with van der Waals surface area (Å²) in [5.74, 6) is 0.389. The van der Waals surface area contributed by atoms with Gasteiger partial charge in [0, 0.05) is 18.3 Å². The summed E-state index contributed by atoms with van der Waals surface area (Å²) in [6, 6.07) is 6.82.